The Bertz CT molecular complexity index is 2930. The van der Waals surface area contributed by atoms with Crippen molar-refractivity contribution in [1.82, 2.24) is 15.5 Å². The van der Waals surface area contributed by atoms with Crippen molar-refractivity contribution in [2.24, 2.45) is 15.4 Å². The first-order chi connectivity index (χ1) is 35.1. The topological polar surface area (TPSA) is 190 Å². The van der Waals surface area contributed by atoms with E-state index in [-0.39, 0.29) is 61.4 Å². The van der Waals surface area contributed by atoms with E-state index in [1.807, 2.05) is 68.3 Å². The number of rotatable bonds is 15. The number of amides is 5. The number of carbonyl (C=O) groups excluding carboxylic acids is 5. The van der Waals surface area contributed by atoms with E-state index in [2.05, 4.69) is 35.9 Å². The number of aliphatic imine (C=N–C) groups is 2. The van der Waals surface area contributed by atoms with Gasteiger partial charge in [-0.2, -0.15) is 0 Å². The van der Waals surface area contributed by atoms with E-state index in [1.54, 1.807) is 54.4 Å². The maximum Gasteiger partial charge on any atom is 0.261 e. The van der Waals surface area contributed by atoms with Crippen molar-refractivity contribution >= 4 is 64.7 Å². The van der Waals surface area contributed by atoms with Crippen LogP contribution in [0.25, 0.3) is 0 Å². The van der Waals surface area contributed by atoms with Crippen molar-refractivity contribution in [1.29, 1.82) is 0 Å². The molecule has 9 rings (SSSR count). The van der Waals surface area contributed by atoms with Crippen LogP contribution in [0, 0.1) is 5.41 Å². The molecule has 3 N–H and O–H groups in total. The summed E-state index contributed by atoms with van der Waals surface area (Å²) in [6.07, 6.45) is 13.2. The molecule has 16 nitrogen and oxygen atoms in total. The first-order valence-corrected chi connectivity index (χ1v) is 25.0. The number of carbonyl (C=O) groups is 5. The van der Waals surface area contributed by atoms with Gasteiger partial charge < -0.3 is 34.9 Å². The Morgan fingerprint density at radius 2 is 1.36 bits per heavy atom. The van der Waals surface area contributed by atoms with Crippen LogP contribution in [-0.4, -0.2) is 85.8 Å². The molecule has 0 bridgehead atoms. The monoisotopic (exact) mass is 991 g/mol. The molecule has 4 aromatic carbocycles. The van der Waals surface area contributed by atoms with Crippen LogP contribution < -0.4 is 39.8 Å². The van der Waals surface area contributed by atoms with Gasteiger partial charge in [0.25, 0.3) is 11.8 Å². The van der Waals surface area contributed by atoms with Gasteiger partial charge in [0.05, 0.1) is 55.3 Å². The molecular weight excluding hydrogens is 927 g/mol. The van der Waals surface area contributed by atoms with Gasteiger partial charge in [-0.3, -0.25) is 43.8 Å². The molecule has 0 spiro atoms. The molecule has 73 heavy (non-hydrogen) atoms. The molecule has 2 unspecified atom stereocenters. The number of hydrogen-bond acceptors (Lipinski definition) is 11. The van der Waals surface area contributed by atoms with Crippen LogP contribution in [0.2, 0.25) is 0 Å². The highest BCUT2D eigenvalue weighted by molar-refractivity contribution is 6.15. The molecule has 16 heteroatoms. The minimum absolute atomic E-state index is 0.000295. The summed E-state index contributed by atoms with van der Waals surface area (Å²) in [4.78, 5) is 80.0. The number of nitrogens with one attached hydrogen (secondary N) is 3. The highest BCUT2D eigenvalue weighted by Gasteiger charge is 2.39. The van der Waals surface area contributed by atoms with Crippen molar-refractivity contribution in [2.75, 3.05) is 31.0 Å². The Hall–Kier alpha value is -7.75. The number of fused-ring (bicyclic) bond motifs is 7. The van der Waals surface area contributed by atoms with Crippen LogP contribution in [0.4, 0.5) is 22.7 Å². The van der Waals surface area contributed by atoms with Crippen molar-refractivity contribution < 1.29 is 42.9 Å². The Balaban J connectivity index is 0.00000231. The lowest BCUT2D eigenvalue weighted by molar-refractivity contribution is -0.128. The third-order valence-corrected chi connectivity index (χ3v) is 13.0. The summed E-state index contributed by atoms with van der Waals surface area (Å²) in [6, 6.07) is 18.5. The van der Waals surface area contributed by atoms with E-state index < -0.39 is 17.9 Å². The van der Waals surface area contributed by atoms with Gasteiger partial charge >= 0.3 is 0 Å². The quantitative estimate of drug-likeness (QED) is 0.104. The predicted octanol–water partition coefficient (Wildman–Crippen LogP) is 9.49. The van der Waals surface area contributed by atoms with Crippen LogP contribution in [-0.2, 0) is 34.0 Å². The molecule has 5 amide bonds. The molecular formula is C57H65N7O9. The van der Waals surface area contributed by atoms with Crippen LogP contribution in [0.1, 0.15) is 117 Å². The summed E-state index contributed by atoms with van der Waals surface area (Å²) in [7, 11) is 3.01. The van der Waals surface area contributed by atoms with Gasteiger partial charge in [-0.05, 0) is 103 Å². The Morgan fingerprint density at radius 1 is 0.767 bits per heavy atom. The lowest BCUT2D eigenvalue weighted by atomic mass is 9.90. The third-order valence-electron chi connectivity index (χ3n) is 13.0. The van der Waals surface area contributed by atoms with Gasteiger partial charge in [-0.15, -0.1) is 0 Å². The summed E-state index contributed by atoms with van der Waals surface area (Å²) in [5, 5.41) is 8.19. The number of para-hydroxylation sites is 1. The van der Waals surface area contributed by atoms with E-state index in [0.29, 0.717) is 75.2 Å². The van der Waals surface area contributed by atoms with E-state index in [4.69, 9.17) is 28.9 Å². The second kappa shape index (κ2) is 22.3. The summed E-state index contributed by atoms with van der Waals surface area (Å²) >= 11 is 0. The van der Waals surface area contributed by atoms with E-state index in [9.17, 15) is 24.0 Å². The zero-order chi connectivity index (χ0) is 52.0. The summed E-state index contributed by atoms with van der Waals surface area (Å²) < 4.78 is 24.3. The molecule has 0 saturated heterocycles. The lowest BCUT2D eigenvalue weighted by Gasteiger charge is -2.24. The first-order valence-electron chi connectivity index (χ1n) is 25.0. The zero-order valence-corrected chi connectivity index (χ0v) is 42.9. The number of allylic oxidation sites excluding steroid dienone is 2. The number of anilines is 2. The van der Waals surface area contributed by atoms with Crippen molar-refractivity contribution in [3.63, 3.8) is 0 Å². The molecule has 4 aromatic rings. The van der Waals surface area contributed by atoms with Crippen molar-refractivity contribution in [2.45, 2.75) is 118 Å². The molecule has 4 heterocycles. The number of methoxy groups -OCH3 is 2. The largest absolute Gasteiger partial charge is 0.493 e. The lowest BCUT2D eigenvalue weighted by Crippen LogP contribution is -2.45. The number of benzene rings is 4. The van der Waals surface area contributed by atoms with Gasteiger partial charge in [0.2, 0.25) is 17.7 Å². The fraction of sp³-hybridized carbons (Fsp3) is 0.386. The maximum atomic E-state index is 14.1. The normalized spacial score (nSPS) is 17.3. The molecule has 5 aliphatic rings. The zero-order valence-electron chi connectivity index (χ0n) is 42.9. The number of ether oxygens (including phenoxy) is 4. The summed E-state index contributed by atoms with van der Waals surface area (Å²) in [6.45, 7) is 11.6. The standard InChI is InChI=1S/C54H57N7O9.C3H8/c1-31(58-50(63)28-57-49(62)15-16-54(2,3)4)51(64)59-36-18-32(29-69-47-24-41-39(22-45(47)67-5)52(65)60-37(26-55-41)20-34-11-7-9-13-43(34)60)17-33(19-36)30-70-48-25-42-40(23-46(48)68-6)53(66)61-38(27-56-42)21-35-12-8-10-14-44(35)61;1-3-2/h7,9-11,13-14,17-19,22-27,31,37-38H,8,12,15-16,20-21,28-30H2,1-6H3,(H,57,62)(H,58,63)(H,59,64);3H2,1-2H3/t31?,37?,38-;/m0./s1. The second-order valence-corrected chi connectivity index (χ2v) is 20.0. The van der Waals surface area contributed by atoms with Gasteiger partial charge in [-0.1, -0.05) is 65.3 Å². The fourth-order valence-electron chi connectivity index (χ4n) is 9.33. The molecule has 4 aliphatic heterocycles. The van der Waals surface area contributed by atoms with Gasteiger partial charge in [0, 0.05) is 54.5 Å². The molecule has 0 radical (unpaired) electrons. The van der Waals surface area contributed by atoms with Crippen molar-refractivity contribution in [3.8, 4) is 23.0 Å². The van der Waals surface area contributed by atoms with Crippen LogP contribution in [0.5, 0.6) is 23.0 Å². The van der Waals surface area contributed by atoms with Gasteiger partial charge in [0.1, 0.15) is 19.3 Å². The first kappa shape index (κ1) is 51.6. The van der Waals surface area contributed by atoms with Crippen LogP contribution in [0.15, 0.2) is 100 Å². The predicted molar refractivity (Wildman–Crippen MR) is 282 cm³/mol. The summed E-state index contributed by atoms with van der Waals surface area (Å²) in [5.74, 6) is -0.226. The van der Waals surface area contributed by atoms with Gasteiger partial charge in [0.15, 0.2) is 23.0 Å². The molecule has 382 valence electrons. The van der Waals surface area contributed by atoms with E-state index in [1.165, 1.54) is 26.2 Å². The molecule has 0 saturated carbocycles. The maximum absolute atomic E-state index is 14.1. The molecule has 0 fully saturated rings. The Labute approximate surface area is 426 Å². The molecule has 0 aromatic heterocycles. The Morgan fingerprint density at radius 3 is 1.96 bits per heavy atom. The minimum atomic E-state index is -0.963. The SMILES string of the molecule is CCC.COc1cc2c(cc1OCc1cc(COc3cc4c(cc3OC)C(=O)N3C5=C(CCC=C5)C[C@H]3C=N4)cc(NC(=O)C(C)NC(=O)CNC(=O)CCC(C)(C)C)c1)N=CC1Cc3ccccc3N1C2=O. The smallest absolute Gasteiger partial charge is 0.261 e. The van der Waals surface area contributed by atoms with E-state index >= 15 is 0 Å². The highest BCUT2D eigenvalue weighted by atomic mass is 16.5. The highest BCUT2D eigenvalue weighted by Crippen LogP contribution is 2.44. The number of nitrogens with zero attached hydrogens (tertiary/aromatic N) is 4. The van der Waals surface area contributed by atoms with E-state index in [0.717, 1.165) is 36.2 Å². The van der Waals surface area contributed by atoms with Gasteiger partial charge in [-0.25, -0.2) is 0 Å². The summed E-state index contributed by atoms with van der Waals surface area (Å²) in [5.41, 5.74) is 7.44. The second-order valence-electron chi connectivity index (χ2n) is 20.0. The molecule has 3 atom stereocenters. The fourth-order valence-corrected chi connectivity index (χ4v) is 9.33. The Kier molecular flexibility index (Phi) is 15.8. The van der Waals surface area contributed by atoms with Crippen LogP contribution >= 0.6 is 0 Å². The third kappa shape index (κ3) is 11.8. The average Bonchev–Trinajstić information content (AvgIpc) is 3.86. The van der Waals surface area contributed by atoms with Crippen LogP contribution in [0.3, 0.4) is 0 Å². The number of hydrogen-bond donors (Lipinski definition) is 3. The minimum Gasteiger partial charge on any atom is -0.493 e. The molecule has 1 aliphatic carbocycles. The van der Waals surface area contributed by atoms with Crippen molar-refractivity contribution in [3.05, 3.63) is 118 Å². The average molecular weight is 992 g/mol.